The Kier molecular flexibility index (Phi) is 2.81. The van der Waals surface area contributed by atoms with Crippen molar-refractivity contribution in [1.82, 2.24) is 9.78 Å². The second-order valence-corrected chi connectivity index (χ2v) is 5.89. The van der Waals surface area contributed by atoms with Gasteiger partial charge in [0.15, 0.2) is 0 Å². The maximum atomic E-state index is 12.2. The summed E-state index contributed by atoms with van der Waals surface area (Å²) in [5.41, 5.74) is 0.356. The lowest BCUT2D eigenvalue weighted by Crippen LogP contribution is -2.14. The smallest absolute Gasteiger partial charge is 0.266 e. The van der Waals surface area contributed by atoms with Gasteiger partial charge in [-0.2, -0.15) is 10.4 Å². The Morgan fingerprint density at radius 1 is 1.53 bits per heavy atom. The second kappa shape index (κ2) is 4.50. The average molecular weight is 288 g/mol. The summed E-state index contributed by atoms with van der Waals surface area (Å²) in [6.45, 7) is 0. The highest BCUT2D eigenvalue weighted by molar-refractivity contribution is 7.27. The van der Waals surface area contributed by atoms with Crippen molar-refractivity contribution in [3.05, 3.63) is 34.2 Å². The molecule has 0 bridgehead atoms. The zero-order valence-corrected chi connectivity index (χ0v) is 11.5. The summed E-state index contributed by atoms with van der Waals surface area (Å²) < 4.78 is 3.67. The van der Waals surface area contributed by atoms with Crippen molar-refractivity contribution < 1.29 is 4.79 Å². The third kappa shape index (κ3) is 2.01. The average Bonchev–Trinajstić information content (AvgIpc) is 3.04. The number of amides is 1. The van der Waals surface area contributed by atoms with Crippen LogP contribution in [0.2, 0.25) is 0 Å². The SMILES string of the molecule is Cn1ncc(C#N)c1NC(=O)c1cc2sccc2s1. The molecule has 0 unspecified atom stereocenters. The molecule has 0 spiro atoms. The van der Waals surface area contributed by atoms with E-state index >= 15 is 0 Å². The van der Waals surface area contributed by atoms with Crippen LogP contribution < -0.4 is 5.32 Å². The van der Waals surface area contributed by atoms with E-state index in [-0.39, 0.29) is 5.91 Å². The number of rotatable bonds is 2. The minimum absolute atomic E-state index is 0.214. The molecule has 0 atom stereocenters. The first-order valence-electron chi connectivity index (χ1n) is 5.39. The summed E-state index contributed by atoms with van der Waals surface area (Å²) in [5.74, 6) is 0.206. The Morgan fingerprint density at radius 3 is 3.11 bits per heavy atom. The van der Waals surface area contributed by atoms with Gasteiger partial charge in [-0.05, 0) is 17.5 Å². The predicted octanol–water partition coefficient (Wildman–Crippen LogP) is 2.82. The number of nitriles is 1. The molecule has 0 aliphatic rings. The lowest BCUT2D eigenvalue weighted by molar-refractivity contribution is 0.102. The van der Waals surface area contributed by atoms with Gasteiger partial charge in [0.2, 0.25) is 0 Å². The molecule has 3 heterocycles. The number of carbonyl (C=O) groups excluding carboxylic acids is 1. The molecule has 0 aliphatic heterocycles. The molecule has 5 nitrogen and oxygen atoms in total. The maximum absolute atomic E-state index is 12.2. The highest BCUT2D eigenvalue weighted by Crippen LogP contribution is 2.30. The van der Waals surface area contributed by atoms with Gasteiger partial charge in [-0.1, -0.05) is 0 Å². The topological polar surface area (TPSA) is 70.7 Å². The van der Waals surface area contributed by atoms with Crippen LogP contribution in [-0.4, -0.2) is 15.7 Å². The number of hydrogen-bond acceptors (Lipinski definition) is 5. The van der Waals surface area contributed by atoms with Gasteiger partial charge in [0.05, 0.1) is 11.1 Å². The molecule has 3 rings (SSSR count). The lowest BCUT2D eigenvalue weighted by Gasteiger charge is -2.03. The van der Waals surface area contributed by atoms with Gasteiger partial charge >= 0.3 is 0 Å². The Labute approximate surface area is 116 Å². The first kappa shape index (κ1) is 11.9. The maximum Gasteiger partial charge on any atom is 0.266 e. The first-order chi connectivity index (χ1) is 9.19. The number of nitrogens with zero attached hydrogens (tertiary/aromatic N) is 3. The normalized spacial score (nSPS) is 10.5. The lowest BCUT2D eigenvalue weighted by atomic mass is 10.3. The first-order valence-corrected chi connectivity index (χ1v) is 7.09. The molecule has 3 aromatic heterocycles. The molecule has 19 heavy (non-hydrogen) atoms. The number of carbonyl (C=O) groups is 1. The third-order valence-electron chi connectivity index (χ3n) is 2.65. The van der Waals surface area contributed by atoms with Crippen LogP contribution in [-0.2, 0) is 7.05 Å². The van der Waals surface area contributed by atoms with Gasteiger partial charge < -0.3 is 5.32 Å². The third-order valence-corrected chi connectivity index (χ3v) is 4.75. The number of fused-ring (bicyclic) bond motifs is 1. The molecule has 0 fully saturated rings. The van der Waals surface area contributed by atoms with E-state index < -0.39 is 0 Å². The van der Waals surface area contributed by atoms with E-state index in [2.05, 4.69) is 10.4 Å². The summed E-state index contributed by atoms with van der Waals surface area (Å²) in [6.07, 6.45) is 1.43. The van der Waals surface area contributed by atoms with E-state index in [1.807, 2.05) is 23.6 Å². The molecule has 0 saturated carbocycles. The Hall–Kier alpha value is -2.17. The molecule has 0 radical (unpaired) electrons. The van der Waals surface area contributed by atoms with Gasteiger partial charge in [-0.25, -0.2) is 0 Å². The van der Waals surface area contributed by atoms with Crippen molar-refractivity contribution in [2.24, 2.45) is 7.05 Å². The van der Waals surface area contributed by atoms with Crippen LogP contribution in [0.3, 0.4) is 0 Å². The van der Waals surface area contributed by atoms with Crippen LogP contribution in [0.15, 0.2) is 23.7 Å². The van der Waals surface area contributed by atoms with Crippen molar-refractivity contribution in [3.63, 3.8) is 0 Å². The molecule has 3 aromatic rings. The van der Waals surface area contributed by atoms with E-state index in [4.69, 9.17) is 5.26 Å². The number of aryl methyl sites for hydroxylation is 1. The van der Waals surface area contributed by atoms with Gasteiger partial charge in [-0.15, -0.1) is 22.7 Å². The van der Waals surface area contributed by atoms with Crippen molar-refractivity contribution >= 4 is 43.8 Å². The largest absolute Gasteiger partial charge is 0.305 e. The fraction of sp³-hybridized carbons (Fsp3) is 0.0833. The monoisotopic (exact) mass is 288 g/mol. The van der Waals surface area contributed by atoms with E-state index in [0.717, 1.165) is 9.40 Å². The molecule has 0 aromatic carbocycles. The molecule has 1 N–H and O–H groups in total. The molecule has 1 amide bonds. The summed E-state index contributed by atoms with van der Waals surface area (Å²) in [7, 11) is 1.68. The minimum atomic E-state index is -0.214. The quantitative estimate of drug-likeness (QED) is 0.788. The molecular weight excluding hydrogens is 280 g/mol. The van der Waals surface area contributed by atoms with E-state index in [1.165, 1.54) is 22.2 Å². The zero-order chi connectivity index (χ0) is 13.4. The van der Waals surface area contributed by atoms with Gasteiger partial charge in [-0.3, -0.25) is 9.48 Å². The summed E-state index contributed by atoms with van der Waals surface area (Å²) >= 11 is 3.04. The highest BCUT2D eigenvalue weighted by Gasteiger charge is 2.15. The fourth-order valence-corrected chi connectivity index (χ4v) is 3.72. The van der Waals surface area contributed by atoms with Crippen molar-refractivity contribution in [2.45, 2.75) is 0 Å². The number of nitrogens with one attached hydrogen (secondary N) is 1. The number of thiophene rings is 2. The van der Waals surface area contributed by atoms with Crippen LogP contribution in [0.25, 0.3) is 9.40 Å². The van der Waals surface area contributed by atoms with Crippen molar-refractivity contribution in [2.75, 3.05) is 5.32 Å². The van der Waals surface area contributed by atoms with Gasteiger partial charge in [0.25, 0.3) is 5.91 Å². The molecule has 0 saturated heterocycles. The summed E-state index contributed by atoms with van der Waals surface area (Å²) in [6, 6.07) is 5.86. The number of hydrogen-bond donors (Lipinski definition) is 1. The Balaban J connectivity index is 1.91. The standard InChI is InChI=1S/C12H8N4OS2/c1-16-11(7(5-13)6-14-16)15-12(17)10-4-9-8(19-10)2-3-18-9/h2-4,6H,1H3,(H,15,17). The fourth-order valence-electron chi connectivity index (χ4n) is 1.71. The minimum Gasteiger partial charge on any atom is -0.305 e. The van der Waals surface area contributed by atoms with E-state index in [1.54, 1.807) is 18.4 Å². The Bertz CT molecular complexity index is 777. The second-order valence-electron chi connectivity index (χ2n) is 3.86. The Morgan fingerprint density at radius 2 is 2.37 bits per heavy atom. The van der Waals surface area contributed by atoms with Crippen LogP contribution in [0.4, 0.5) is 5.82 Å². The highest BCUT2D eigenvalue weighted by atomic mass is 32.1. The predicted molar refractivity (Wildman–Crippen MR) is 75.6 cm³/mol. The molecule has 7 heteroatoms. The van der Waals surface area contributed by atoms with E-state index in [9.17, 15) is 4.79 Å². The molecule has 94 valence electrons. The van der Waals surface area contributed by atoms with Crippen molar-refractivity contribution in [3.8, 4) is 6.07 Å². The van der Waals surface area contributed by atoms with Crippen LogP contribution >= 0.6 is 22.7 Å². The zero-order valence-electron chi connectivity index (χ0n) is 9.88. The van der Waals surface area contributed by atoms with Crippen LogP contribution in [0.1, 0.15) is 15.2 Å². The van der Waals surface area contributed by atoms with Crippen LogP contribution in [0.5, 0.6) is 0 Å². The van der Waals surface area contributed by atoms with E-state index in [0.29, 0.717) is 16.3 Å². The van der Waals surface area contributed by atoms with Gasteiger partial charge in [0, 0.05) is 16.4 Å². The molecular formula is C12H8N4OS2. The number of anilines is 1. The van der Waals surface area contributed by atoms with Crippen LogP contribution in [0, 0.1) is 11.3 Å². The van der Waals surface area contributed by atoms with Crippen molar-refractivity contribution in [1.29, 1.82) is 5.26 Å². The van der Waals surface area contributed by atoms with Gasteiger partial charge in [0.1, 0.15) is 17.5 Å². The molecule has 0 aliphatic carbocycles. The summed E-state index contributed by atoms with van der Waals surface area (Å²) in [4.78, 5) is 12.8. The number of aromatic nitrogens is 2. The summed E-state index contributed by atoms with van der Waals surface area (Å²) in [5, 5.41) is 17.6.